The van der Waals surface area contributed by atoms with Gasteiger partial charge in [-0.25, -0.2) is 4.79 Å². The summed E-state index contributed by atoms with van der Waals surface area (Å²) in [5, 5.41) is 0.935. The number of nitrogens with zero attached hydrogens (tertiary/aromatic N) is 3. The fourth-order valence-electron chi connectivity index (χ4n) is 6.67. The van der Waals surface area contributed by atoms with Gasteiger partial charge in [0.2, 0.25) is 0 Å². The Labute approximate surface area is 247 Å². The summed E-state index contributed by atoms with van der Waals surface area (Å²) in [5.74, 6) is 6.37. The maximum absolute atomic E-state index is 14.3. The number of hydrogen-bond donors (Lipinski definition) is 1. The van der Waals surface area contributed by atoms with Crippen LogP contribution in [-0.4, -0.2) is 80.0 Å². The molecule has 2 saturated heterocycles. The second-order valence-corrected chi connectivity index (χ2v) is 12.3. The SMILES string of the molecule is CC#Cc1cc2c(cc1N1CCN(C(=O)OC(C)(C)C)CC1)C1(CCOCC1)c1[nH]c3cc(C=NC)ccc3c1C2=O. The van der Waals surface area contributed by atoms with Gasteiger partial charge in [0.25, 0.3) is 0 Å². The molecule has 2 fully saturated rings. The molecule has 0 bridgehead atoms. The number of aliphatic imine (C=N–C) groups is 1. The molecule has 8 heteroatoms. The molecule has 1 N–H and O–H groups in total. The van der Waals surface area contributed by atoms with Gasteiger partial charge in [0, 0.05) is 85.8 Å². The van der Waals surface area contributed by atoms with E-state index in [1.54, 1.807) is 11.9 Å². The first kappa shape index (κ1) is 28.0. The maximum Gasteiger partial charge on any atom is 0.410 e. The van der Waals surface area contributed by atoms with Crippen molar-refractivity contribution >= 4 is 34.7 Å². The van der Waals surface area contributed by atoms with Crippen LogP contribution in [0.4, 0.5) is 10.5 Å². The van der Waals surface area contributed by atoms with E-state index in [0.29, 0.717) is 39.4 Å². The molecule has 1 aromatic heterocycles. The number of fused-ring (bicyclic) bond motifs is 6. The van der Waals surface area contributed by atoms with Crippen molar-refractivity contribution in [2.75, 3.05) is 51.3 Å². The summed E-state index contributed by atoms with van der Waals surface area (Å²) in [6.45, 7) is 11.1. The van der Waals surface area contributed by atoms with Crippen molar-refractivity contribution < 1.29 is 19.1 Å². The van der Waals surface area contributed by atoms with Crippen LogP contribution in [0.15, 0.2) is 35.3 Å². The highest BCUT2D eigenvalue weighted by molar-refractivity contribution is 6.20. The summed E-state index contributed by atoms with van der Waals surface area (Å²) in [7, 11) is 1.76. The smallest absolute Gasteiger partial charge is 0.410 e. The zero-order valence-electron chi connectivity index (χ0n) is 25.1. The van der Waals surface area contributed by atoms with Gasteiger partial charge in [0.1, 0.15) is 5.60 Å². The predicted octanol–water partition coefficient (Wildman–Crippen LogP) is 5.29. The van der Waals surface area contributed by atoms with Crippen LogP contribution in [0.5, 0.6) is 0 Å². The van der Waals surface area contributed by atoms with Gasteiger partial charge in [-0.3, -0.25) is 9.79 Å². The Morgan fingerprint density at radius 1 is 1.12 bits per heavy atom. The number of hydrogen-bond acceptors (Lipinski definition) is 6. The summed E-state index contributed by atoms with van der Waals surface area (Å²) in [6.07, 6.45) is 3.10. The Morgan fingerprint density at radius 2 is 1.86 bits per heavy atom. The Hall–Kier alpha value is -4.09. The number of amides is 1. The highest BCUT2D eigenvalue weighted by Crippen LogP contribution is 2.50. The average Bonchev–Trinajstić information content (AvgIpc) is 3.36. The summed E-state index contributed by atoms with van der Waals surface area (Å²) in [5.41, 5.74) is 6.36. The molecule has 0 unspecified atom stereocenters. The Kier molecular flexibility index (Phi) is 7.10. The van der Waals surface area contributed by atoms with Crippen molar-refractivity contribution in [2.24, 2.45) is 4.99 Å². The molecule has 8 nitrogen and oxygen atoms in total. The molecule has 0 radical (unpaired) electrons. The number of carbonyl (C=O) groups excluding carboxylic acids is 2. The molecule has 2 aromatic carbocycles. The summed E-state index contributed by atoms with van der Waals surface area (Å²) < 4.78 is 11.5. The zero-order chi connectivity index (χ0) is 29.6. The number of piperazine rings is 1. The third kappa shape index (κ3) is 4.76. The molecule has 0 atom stereocenters. The molecular weight excluding hydrogens is 528 g/mol. The van der Waals surface area contributed by atoms with Crippen molar-refractivity contribution in [3.8, 4) is 11.8 Å². The van der Waals surface area contributed by atoms with Crippen LogP contribution in [0, 0.1) is 11.8 Å². The Morgan fingerprint density at radius 3 is 2.52 bits per heavy atom. The van der Waals surface area contributed by atoms with E-state index in [-0.39, 0.29) is 17.3 Å². The lowest BCUT2D eigenvalue weighted by Crippen LogP contribution is -2.50. The number of nitrogens with one attached hydrogen (secondary N) is 1. The quantitative estimate of drug-likeness (QED) is 0.337. The normalized spacial score (nSPS) is 18.2. The number of rotatable bonds is 2. The fraction of sp³-hybridized carbons (Fsp3) is 0.441. The maximum atomic E-state index is 14.3. The van der Waals surface area contributed by atoms with Crippen molar-refractivity contribution in [2.45, 2.75) is 51.6 Å². The molecule has 1 aliphatic carbocycles. The minimum Gasteiger partial charge on any atom is -0.444 e. The lowest BCUT2D eigenvalue weighted by Gasteiger charge is -2.43. The summed E-state index contributed by atoms with van der Waals surface area (Å²) >= 11 is 0. The molecular formula is C34H38N4O4. The largest absolute Gasteiger partial charge is 0.444 e. The monoisotopic (exact) mass is 566 g/mol. The molecule has 3 heterocycles. The van der Waals surface area contributed by atoms with Gasteiger partial charge < -0.3 is 24.3 Å². The molecule has 3 aliphatic rings. The minimum absolute atomic E-state index is 0.0284. The van der Waals surface area contributed by atoms with Gasteiger partial charge in [-0.15, -0.1) is 5.92 Å². The van der Waals surface area contributed by atoms with E-state index in [1.165, 1.54) is 0 Å². The van der Waals surface area contributed by atoms with E-state index in [2.05, 4.69) is 38.8 Å². The van der Waals surface area contributed by atoms with E-state index < -0.39 is 5.60 Å². The Balaban J connectivity index is 1.44. The number of aromatic nitrogens is 1. The van der Waals surface area contributed by atoms with E-state index >= 15 is 0 Å². The molecule has 1 amide bonds. The number of anilines is 1. The van der Waals surface area contributed by atoms with Crippen LogP contribution < -0.4 is 4.90 Å². The van der Waals surface area contributed by atoms with Gasteiger partial charge in [0.05, 0.1) is 11.3 Å². The fourth-order valence-corrected chi connectivity index (χ4v) is 6.67. The molecule has 42 heavy (non-hydrogen) atoms. The standard InChI is InChI=1S/C34H38N4O4/c1-6-7-23-19-25-26(20-28(23)37-12-14-38(15-13-37)32(40)42-33(2,3)4)34(10-16-41-17-11-34)31-29(30(25)39)24-9-8-22(21-35-5)18-27(24)36-31/h8-9,18-21,36H,10-17H2,1-5H3. The molecule has 2 aliphatic heterocycles. The third-order valence-corrected chi connectivity index (χ3v) is 8.58. The van der Waals surface area contributed by atoms with E-state index in [0.717, 1.165) is 62.9 Å². The van der Waals surface area contributed by atoms with Crippen LogP contribution in [0.25, 0.3) is 10.9 Å². The topological polar surface area (TPSA) is 87.2 Å². The second-order valence-electron chi connectivity index (χ2n) is 12.3. The van der Waals surface area contributed by atoms with E-state index in [4.69, 9.17) is 9.47 Å². The number of H-pyrrole nitrogens is 1. The third-order valence-electron chi connectivity index (χ3n) is 8.58. The Bertz CT molecular complexity index is 1650. The van der Waals surface area contributed by atoms with Crippen molar-refractivity contribution in [1.82, 2.24) is 9.88 Å². The first-order chi connectivity index (χ1) is 20.1. The van der Waals surface area contributed by atoms with Crippen molar-refractivity contribution in [3.05, 3.63) is 63.8 Å². The number of ether oxygens (including phenoxy) is 2. The van der Waals surface area contributed by atoms with Crippen LogP contribution in [0.2, 0.25) is 0 Å². The summed E-state index contributed by atoms with van der Waals surface area (Å²) in [6, 6.07) is 10.3. The van der Waals surface area contributed by atoms with Crippen molar-refractivity contribution in [3.63, 3.8) is 0 Å². The summed E-state index contributed by atoms with van der Waals surface area (Å²) in [4.78, 5) is 38.9. The number of benzene rings is 2. The second kappa shape index (κ2) is 10.6. The van der Waals surface area contributed by atoms with Gasteiger partial charge in [0.15, 0.2) is 5.78 Å². The zero-order valence-corrected chi connectivity index (χ0v) is 25.1. The number of ketones is 1. The van der Waals surface area contributed by atoms with E-state index in [9.17, 15) is 9.59 Å². The van der Waals surface area contributed by atoms with Crippen LogP contribution in [0.3, 0.4) is 0 Å². The molecule has 3 aromatic rings. The first-order valence-electron chi connectivity index (χ1n) is 14.7. The van der Waals surface area contributed by atoms with Gasteiger partial charge in [-0.2, -0.15) is 0 Å². The number of carbonyl (C=O) groups is 2. The first-order valence-corrected chi connectivity index (χ1v) is 14.7. The van der Waals surface area contributed by atoms with Crippen LogP contribution >= 0.6 is 0 Å². The molecule has 1 spiro atoms. The molecule has 6 rings (SSSR count). The lowest BCUT2D eigenvalue weighted by molar-refractivity contribution is 0.0240. The van der Waals surface area contributed by atoms with Crippen molar-refractivity contribution in [1.29, 1.82) is 0 Å². The minimum atomic E-state index is -0.534. The van der Waals surface area contributed by atoms with Crippen LogP contribution in [-0.2, 0) is 14.9 Å². The predicted molar refractivity (Wildman–Crippen MR) is 165 cm³/mol. The van der Waals surface area contributed by atoms with E-state index in [1.807, 2.05) is 52.1 Å². The van der Waals surface area contributed by atoms with Gasteiger partial charge in [-0.05, 0) is 69.9 Å². The van der Waals surface area contributed by atoms with Gasteiger partial charge in [-0.1, -0.05) is 18.1 Å². The molecule has 218 valence electrons. The number of aromatic amines is 1. The molecule has 0 saturated carbocycles. The highest BCUT2D eigenvalue weighted by atomic mass is 16.6. The average molecular weight is 567 g/mol. The van der Waals surface area contributed by atoms with Crippen LogP contribution in [0.1, 0.15) is 78.8 Å². The highest BCUT2D eigenvalue weighted by Gasteiger charge is 2.47. The van der Waals surface area contributed by atoms with Gasteiger partial charge >= 0.3 is 6.09 Å². The lowest BCUT2D eigenvalue weighted by atomic mass is 9.64.